The lowest BCUT2D eigenvalue weighted by molar-refractivity contribution is 0.370. The fourth-order valence-corrected chi connectivity index (χ4v) is 3.94. The van der Waals surface area contributed by atoms with Crippen molar-refractivity contribution in [3.63, 3.8) is 0 Å². The van der Waals surface area contributed by atoms with E-state index in [1.54, 1.807) is 6.07 Å². The summed E-state index contributed by atoms with van der Waals surface area (Å²) >= 11 is 0. The summed E-state index contributed by atoms with van der Waals surface area (Å²) in [4.78, 5) is 12.8. The predicted molar refractivity (Wildman–Crippen MR) is 120 cm³/mol. The Hall–Kier alpha value is -3.15. The number of aliphatic imine (C=N–C) groups is 1. The third kappa shape index (κ3) is 4.31. The van der Waals surface area contributed by atoms with Crippen LogP contribution < -0.4 is 10.2 Å². The van der Waals surface area contributed by atoms with E-state index in [4.69, 9.17) is 4.99 Å². The van der Waals surface area contributed by atoms with Gasteiger partial charge in [0.1, 0.15) is 5.75 Å². The topological polar surface area (TPSA) is 66.9 Å². The molecule has 0 bridgehead atoms. The molecular weight excluding hydrogens is 362 g/mol. The zero-order valence-electron chi connectivity index (χ0n) is 16.9. The van der Waals surface area contributed by atoms with Gasteiger partial charge in [0, 0.05) is 56.4 Å². The van der Waals surface area contributed by atoms with Crippen molar-refractivity contribution in [1.82, 2.24) is 15.2 Å². The van der Waals surface area contributed by atoms with Crippen molar-refractivity contribution in [2.45, 2.75) is 13.3 Å². The van der Waals surface area contributed by atoms with Crippen molar-refractivity contribution in [2.24, 2.45) is 4.99 Å². The molecule has 6 heteroatoms. The van der Waals surface area contributed by atoms with Gasteiger partial charge < -0.3 is 25.2 Å². The number of nitrogens with zero attached hydrogens (tertiary/aromatic N) is 3. The molecule has 4 rings (SSSR count). The van der Waals surface area contributed by atoms with Gasteiger partial charge in [0.05, 0.1) is 5.69 Å². The van der Waals surface area contributed by atoms with Crippen LogP contribution in [0, 0.1) is 0 Å². The molecule has 3 aromatic rings. The maximum atomic E-state index is 10.1. The number of aromatic amines is 1. The van der Waals surface area contributed by atoms with Crippen LogP contribution in [0.2, 0.25) is 0 Å². The van der Waals surface area contributed by atoms with Gasteiger partial charge in [-0.1, -0.05) is 30.3 Å². The standard InChI is InChI=1S/C23H29N5O/c1-2-24-23(25-12-11-18-17-26-20-8-4-3-7-19(18)20)28-15-13-27(14-16-28)21-9-5-6-10-22(21)29/h3-10,17,26,29H,2,11-16H2,1H3,(H,24,25). The van der Waals surface area contributed by atoms with Gasteiger partial charge in [0.2, 0.25) is 0 Å². The van der Waals surface area contributed by atoms with E-state index >= 15 is 0 Å². The summed E-state index contributed by atoms with van der Waals surface area (Å²) in [5.74, 6) is 1.32. The van der Waals surface area contributed by atoms with Crippen molar-refractivity contribution >= 4 is 22.5 Å². The molecule has 0 unspecified atom stereocenters. The minimum absolute atomic E-state index is 0.347. The number of hydrogen-bond acceptors (Lipinski definition) is 3. The van der Waals surface area contributed by atoms with Crippen LogP contribution in [0.3, 0.4) is 0 Å². The summed E-state index contributed by atoms with van der Waals surface area (Å²) in [5.41, 5.74) is 3.40. The van der Waals surface area contributed by atoms with Crippen LogP contribution in [0.15, 0.2) is 59.7 Å². The molecule has 1 saturated heterocycles. The molecule has 1 fully saturated rings. The van der Waals surface area contributed by atoms with E-state index in [0.717, 1.165) is 57.3 Å². The lowest BCUT2D eigenvalue weighted by atomic mass is 10.1. The zero-order chi connectivity index (χ0) is 20.1. The summed E-state index contributed by atoms with van der Waals surface area (Å²) in [7, 11) is 0. The molecule has 2 heterocycles. The van der Waals surface area contributed by atoms with E-state index in [1.807, 2.05) is 18.2 Å². The molecule has 6 nitrogen and oxygen atoms in total. The molecule has 0 radical (unpaired) electrons. The number of aromatic nitrogens is 1. The number of hydrogen-bond donors (Lipinski definition) is 3. The maximum absolute atomic E-state index is 10.1. The summed E-state index contributed by atoms with van der Waals surface area (Å²) in [5, 5.41) is 14.8. The van der Waals surface area contributed by atoms with Crippen LogP contribution in [0.5, 0.6) is 5.75 Å². The van der Waals surface area contributed by atoms with Gasteiger partial charge >= 0.3 is 0 Å². The molecule has 2 aromatic carbocycles. The van der Waals surface area contributed by atoms with Crippen molar-refractivity contribution in [3.8, 4) is 5.75 Å². The lowest BCUT2D eigenvalue weighted by Gasteiger charge is -2.37. The van der Waals surface area contributed by atoms with E-state index in [2.05, 4.69) is 57.5 Å². The fourth-order valence-electron chi connectivity index (χ4n) is 3.94. The number of para-hydroxylation sites is 3. The second-order valence-electron chi connectivity index (χ2n) is 7.31. The van der Waals surface area contributed by atoms with Gasteiger partial charge in [-0.25, -0.2) is 0 Å². The number of H-pyrrole nitrogens is 1. The first-order valence-electron chi connectivity index (χ1n) is 10.4. The number of phenolic OH excluding ortho intramolecular Hbond substituents is 1. The monoisotopic (exact) mass is 391 g/mol. The summed E-state index contributed by atoms with van der Waals surface area (Å²) in [6.07, 6.45) is 3.01. The van der Waals surface area contributed by atoms with Crippen LogP contribution in [0.4, 0.5) is 5.69 Å². The molecular formula is C23H29N5O. The molecule has 1 aliphatic heterocycles. The Morgan fingerprint density at radius 1 is 1.07 bits per heavy atom. The first-order chi connectivity index (χ1) is 14.3. The maximum Gasteiger partial charge on any atom is 0.194 e. The van der Waals surface area contributed by atoms with E-state index in [0.29, 0.717) is 5.75 Å². The van der Waals surface area contributed by atoms with Gasteiger partial charge in [-0.3, -0.25) is 4.99 Å². The van der Waals surface area contributed by atoms with Gasteiger partial charge in [-0.2, -0.15) is 0 Å². The van der Waals surface area contributed by atoms with Crippen LogP contribution >= 0.6 is 0 Å². The zero-order valence-corrected chi connectivity index (χ0v) is 16.9. The lowest BCUT2D eigenvalue weighted by Crippen LogP contribution is -2.52. The normalized spacial score (nSPS) is 15.1. The Morgan fingerprint density at radius 3 is 2.62 bits per heavy atom. The highest BCUT2D eigenvalue weighted by Crippen LogP contribution is 2.27. The van der Waals surface area contributed by atoms with Crippen LogP contribution in [-0.2, 0) is 6.42 Å². The van der Waals surface area contributed by atoms with E-state index in [-0.39, 0.29) is 0 Å². The molecule has 1 aromatic heterocycles. The van der Waals surface area contributed by atoms with Crippen molar-refractivity contribution in [2.75, 3.05) is 44.2 Å². The Kier molecular flexibility index (Phi) is 5.89. The van der Waals surface area contributed by atoms with Gasteiger partial charge in [0.25, 0.3) is 0 Å². The van der Waals surface area contributed by atoms with Gasteiger partial charge in [0.15, 0.2) is 5.96 Å². The number of phenols is 1. The predicted octanol–water partition coefficient (Wildman–Crippen LogP) is 3.20. The van der Waals surface area contributed by atoms with Crippen molar-refractivity contribution < 1.29 is 5.11 Å². The molecule has 0 amide bonds. The number of anilines is 1. The number of rotatable bonds is 5. The first-order valence-corrected chi connectivity index (χ1v) is 10.4. The number of fused-ring (bicyclic) bond motifs is 1. The summed E-state index contributed by atoms with van der Waals surface area (Å²) < 4.78 is 0. The van der Waals surface area contributed by atoms with E-state index in [1.165, 1.54) is 16.5 Å². The van der Waals surface area contributed by atoms with Crippen molar-refractivity contribution in [3.05, 3.63) is 60.3 Å². The third-order valence-corrected chi connectivity index (χ3v) is 5.45. The summed E-state index contributed by atoms with van der Waals surface area (Å²) in [6.45, 7) is 7.21. The highest BCUT2D eigenvalue weighted by molar-refractivity contribution is 5.83. The Labute approximate surface area is 171 Å². The summed E-state index contributed by atoms with van der Waals surface area (Å²) in [6, 6.07) is 16.0. The quantitative estimate of drug-likeness (QED) is 0.462. The largest absolute Gasteiger partial charge is 0.506 e. The number of guanidine groups is 1. The Balaban J connectivity index is 1.38. The molecule has 0 saturated carbocycles. The van der Waals surface area contributed by atoms with Crippen molar-refractivity contribution in [1.29, 1.82) is 0 Å². The minimum Gasteiger partial charge on any atom is -0.506 e. The van der Waals surface area contributed by atoms with Gasteiger partial charge in [-0.15, -0.1) is 0 Å². The Bertz CT molecular complexity index is 972. The highest BCUT2D eigenvalue weighted by atomic mass is 16.3. The third-order valence-electron chi connectivity index (χ3n) is 5.45. The number of aromatic hydroxyl groups is 1. The second-order valence-corrected chi connectivity index (χ2v) is 7.31. The molecule has 0 spiro atoms. The van der Waals surface area contributed by atoms with E-state index < -0.39 is 0 Å². The van der Waals surface area contributed by atoms with Crippen LogP contribution in [0.25, 0.3) is 10.9 Å². The highest BCUT2D eigenvalue weighted by Gasteiger charge is 2.21. The second kappa shape index (κ2) is 8.90. The smallest absolute Gasteiger partial charge is 0.194 e. The average molecular weight is 392 g/mol. The SMILES string of the molecule is CCNC(=NCCc1c[nH]c2ccccc12)N1CCN(c2ccccc2O)CC1. The van der Waals surface area contributed by atoms with Crippen LogP contribution in [-0.4, -0.2) is 60.2 Å². The molecule has 0 aliphatic carbocycles. The minimum atomic E-state index is 0.347. The fraction of sp³-hybridized carbons (Fsp3) is 0.348. The number of piperazine rings is 1. The first kappa shape index (κ1) is 19.2. The van der Waals surface area contributed by atoms with Crippen LogP contribution in [0.1, 0.15) is 12.5 Å². The molecule has 3 N–H and O–H groups in total. The molecule has 1 aliphatic rings. The Morgan fingerprint density at radius 2 is 1.83 bits per heavy atom. The van der Waals surface area contributed by atoms with E-state index in [9.17, 15) is 5.11 Å². The van der Waals surface area contributed by atoms with Gasteiger partial charge in [-0.05, 0) is 37.1 Å². The average Bonchev–Trinajstić information content (AvgIpc) is 3.17. The molecule has 29 heavy (non-hydrogen) atoms. The number of nitrogens with one attached hydrogen (secondary N) is 2. The number of benzene rings is 2. The molecule has 0 atom stereocenters. The molecule has 152 valence electrons.